The molecule has 0 aliphatic heterocycles. The molecule has 0 fully saturated rings. The van der Waals surface area contributed by atoms with Gasteiger partial charge in [0.05, 0.1) is 5.00 Å². The van der Waals surface area contributed by atoms with E-state index in [2.05, 4.69) is 25.3 Å². The van der Waals surface area contributed by atoms with Gasteiger partial charge in [-0.2, -0.15) is 0 Å². The Kier molecular flexibility index (Phi) is 3.91. The van der Waals surface area contributed by atoms with Crippen LogP contribution in [-0.4, -0.2) is 23.7 Å². The Morgan fingerprint density at radius 2 is 2.33 bits per heavy atom. The van der Waals surface area contributed by atoms with Gasteiger partial charge in [-0.3, -0.25) is 0 Å². The van der Waals surface area contributed by atoms with Crippen molar-refractivity contribution in [1.29, 1.82) is 0 Å². The van der Waals surface area contributed by atoms with Gasteiger partial charge in [-0.25, -0.2) is 4.79 Å². The van der Waals surface area contributed by atoms with E-state index < -0.39 is 5.97 Å². The SMILES string of the molecule is C=CCN(c1ccc(C(=O)O)s1)C(C)C. The zero-order chi connectivity index (χ0) is 11.4. The number of carbonyl (C=O) groups is 1. The minimum absolute atomic E-state index is 0.336. The fourth-order valence-electron chi connectivity index (χ4n) is 1.29. The highest BCUT2D eigenvalue weighted by molar-refractivity contribution is 7.17. The normalized spacial score (nSPS) is 10.3. The van der Waals surface area contributed by atoms with Crippen LogP contribution in [-0.2, 0) is 0 Å². The van der Waals surface area contributed by atoms with E-state index in [4.69, 9.17) is 5.11 Å². The highest BCUT2D eigenvalue weighted by atomic mass is 32.1. The van der Waals surface area contributed by atoms with E-state index in [-0.39, 0.29) is 0 Å². The number of carboxylic acid groups (broad SMARTS) is 1. The minimum atomic E-state index is -0.867. The van der Waals surface area contributed by atoms with Crippen molar-refractivity contribution >= 4 is 22.3 Å². The van der Waals surface area contributed by atoms with Crippen molar-refractivity contribution in [3.63, 3.8) is 0 Å². The summed E-state index contributed by atoms with van der Waals surface area (Å²) in [6.07, 6.45) is 1.82. The summed E-state index contributed by atoms with van der Waals surface area (Å²) in [7, 11) is 0. The van der Waals surface area contributed by atoms with E-state index >= 15 is 0 Å². The van der Waals surface area contributed by atoms with Gasteiger partial charge in [0.15, 0.2) is 0 Å². The molecule has 15 heavy (non-hydrogen) atoms. The van der Waals surface area contributed by atoms with Gasteiger partial charge >= 0.3 is 5.97 Å². The molecule has 0 spiro atoms. The van der Waals surface area contributed by atoms with Crippen LogP contribution in [0.3, 0.4) is 0 Å². The van der Waals surface area contributed by atoms with Gasteiger partial charge in [0, 0.05) is 12.6 Å². The van der Waals surface area contributed by atoms with Gasteiger partial charge in [0.2, 0.25) is 0 Å². The van der Waals surface area contributed by atoms with E-state index in [1.165, 1.54) is 11.3 Å². The predicted octanol–water partition coefficient (Wildman–Crippen LogP) is 2.85. The first-order valence-electron chi connectivity index (χ1n) is 4.77. The molecular formula is C11H15NO2S. The Labute approximate surface area is 93.7 Å². The molecule has 0 amide bonds. The largest absolute Gasteiger partial charge is 0.477 e. The lowest BCUT2D eigenvalue weighted by molar-refractivity contribution is 0.0702. The molecule has 0 atom stereocenters. The summed E-state index contributed by atoms with van der Waals surface area (Å²) in [5.41, 5.74) is 0. The third-order valence-electron chi connectivity index (χ3n) is 2.03. The molecule has 3 nitrogen and oxygen atoms in total. The van der Waals surface area contributed by atoms with Crippen LogP contribution in [0.15, 0.2) is 24.8 Å². The predicted molar refractivity (Wildman–Crippen MR) is 64.0 cm³/mol. The summed E-state index contributed by atoms with van der Waals surface area (Å²) in [6.45, 7) is 8.58. The maximum absolute atomic E-state index is 10.7. The lowest BCUT2D eigenvalue weighted by Gasteiger charge is -2.25. The third-order valence-corrected chi connectivity index (χ3v) is 3.15. The minimum Gasteiger partial charge on any atom is -0.477 e. The number of aromatic carboxylic acids is 1. The number of thiophene rings is 1. The second-order valence-corrected chi connectivity index (χ2v) is 4.54. The number of carboxylic acids is 1. The molecule has 0 aliphatic carbocycles. The van der Waals surface area contributed by atoms with Gasteiger partial charge in [-0.15, -0.1) is 17.9 Å². The molecule has 0 bridgehead atoms. The van der Waals surface area contributed by atoms with E-state index in [0.29, 0.717) is 10.9 Å². The van der Waals surface area contributed by atoms with Crippen molar-refractivity contribution in [2.45, 2.75) is 19.9 Å². The van der Waals surface area contributed by atoms with Crippen molar-refractivity contribution < 1.29 is 9.90 Å². The van der Waals surface area contributed by atoms with Crippen LogP contribution in [0, 0.1) is 0 Å². The summed E-state index contributed by atoms with van der Waals surface area (Å²) in [6, 6.07) is 3.82. The van der Waals surface area contributed by atoms with Crippen LogP contribution in [0.1, 0.15) is 23.5 Å². The van der Waals surface area contributed by atoms with Crippen LogP contribution < -0.4 is 4.90 Å². The lowest BCUT2D eigenvalue weighted by Crippen LogP contribution is -2.29. The smallest absolute Gasteiger partial charge is 0.345 e. The standard InChI is InChI=1S/C11H15NO2S/c1-4-7-12(8(2)3)10-6-5-9(15-10)11(13)14/h4-6,8H,1,7H2,2-3H3,(H,13,14). The van der Waals surface area contributed by atoms with Gasteiger partial charge in [-0.1, -0.05) is 6.08 Å². The average molecular weight is 225 g/mol. The summed E-state index contributed by atoms with van der Waals surface area (Å²) in [5.74, 6) is -0.867. The number of rotatable bonds is 5. The van der Waals surface area contributed by atoms with Crippen molar-refractivity contribution in [3.8, 4) is 0 Å². The van der Waals surface area contributed by atoms with Gasteiger partial charge in [0.25, 0.3) is 0 Å². The molecule has 1 heterocycles. The van der Waals surface area contributed by atoms with Crippen LogP contribution in [0.4, 0.5) is 5.00 Å². The van der Waals surface area contributed by atoms with Gasteiger partial charge in [0.1, 0.15) is 4.88 Å². The molecule has 1 aromatic heterocycles. The van der Waals surface area contributed by atoms with Crippen molar-refractivity contribution in [2.24, 2.45) is 0 Å². The first kappa shape index (κ1) is 11.8. The van der Waals surface area contributed by atoms with E-state index in [1.54, 1.807) is 6.07 Å². The highest BCUT2D eigenvalue weighted by Gasteiger charge is 2.13. The number of hydrogen-bond donors (Lipinski definition) is 1. The number of hydrogen-bond acceptors (Lipinski definition) is 3. The third kappa shape index (κ3) is 2.83. The number of anilines is 1. The van der Waals surface area contributed by atoms with Crippen LogP contribution in [0.25, 0.3) is 0 Å². The topological polar surface area (TPSA) is 40.5 Å². The van der Waals surface area contributed by atoms with E-state index in [0.717, 1.165) is 11.5 Å². The second-order valence-electron chi connectivity index (χ2n) is 3.48. The van der Waals surface area contributed by atoms with Crippen molar-refractivity contribution in [2.75, 3.05) is 11.4 Å². The monoisotopic (exact) mass is 225 g/mol. The fourth-order valence-corrected chi connectivity index (χ4v) is 2.28. The van der Waals surface area contributed by atoms with Gasteiger partial charge in [-0.05, 0) is 26.0 Å². The molecule has 0 radical (unpaired) electrons. The molecule has 4 heteroatoms. The molecular weight excluding hydrogens is 210 g/mol. The summed E-state index contributed by atoms with van der Waals surface area (Å²) >= 11 is 1.30. The zero-order valence-corrected chi connectivity index (χ0v) is 9.75. The average Bonchev–Trinajstić information content (AvgIpc) is 2.62. The van der Waals surface area contributed by atoms with Crippen molar-refractivity contribution in [1.82, 2.24) is 0 Å². The van der Waals surface area contributed by atoms with E-state index in [9.17, 15) is 4.79 Å². The fraction of sp³-hybridized carbons (Fsp3) is 0.364. The van der Waals surface area contributed by atoms with Crippen LogP contribution in [0.2, 0.25) is 0 Å². The molecule has 1 N–H and O–H groups in total. The Hall–Kier alpha value is -1.29. The molecule has 0 unspecified atom stereocenters. The second kappa shape index (κ2) is 4.98. The molecule has 0 aliphatic rings. The highest BCUT2D eigenvalue weighted by Crippen LogP contribution is 2.27. The summed E-state index contributed by atoms with van der Waals surface area (Å²) in [5, 5.41) is 9.79. The lowest BCUT2D eigenvalue weighted by atomic mass is 10.3. The zero-order valence-electron chi connectivity index (χ0n) is 8.93. The Morgan fingerprint density at radius 3 is 2.73 bits per heavy atom. The molecule has 0 aromatic carbocycles. The maximum atomic E-state index is 10.7. The molecule has 0 saturated heterocycles. The Balaban J connectivity index is 2.91. The number of nitrogens with zero attached hydrogens (tertiary/aromatic N) is 1. The molecule has 0 saturated carbocycles. The van der Waals surface area contributed by atoms with Crippen LogP contribution >= 0.6 is 11.3 Å². The molecule has 82 valence electrons. The molecule has 1 aromatic rings. The quantitative estimate of drug-likeness (QED) is 0.783. The first-order valence-corrected chi connectivity index (χ1v) is 5.58. The summed E-state index contributed by atoms with van der Waals surface area (Å²) in [4.78, 5) is 13.2. The Bertz CT molecular complexity index is 357. The van der Waals surface area contributed by atoms with E-state index in [1.807, 2.05) is 12.1 Å². The maximum Gasteiger partial charge on any atom is 0.345 e. The van der Waals surface area contributed by atoms with Gasteiger partial charge < -0.3 is 10.0 Å². The molecule has 1 rings (SSSR count). The summed E-state index contributed by atoms with van der Waals surface area (Å²) < 4.78 is 0. The van der Waals surface area contributed by atoms with Crippen LogP contribution in [0.5, 0.6) is 0 Å². The Morgan fingerprint density at radius 1 is 1.67 bits per heavy atom. The first-order chi connectivity index (χ1) is 7.06. The van der Waals surface area contributed by atoms with Crippen molar-refractivity contribution in [3.05, 3.63) is 29.7 Å².